The van der Waals surface area contributed by atoms with Crippen LogP contribution in [0.4, 0.5) is 17.1 Å². The average molecular weight is 479 g/mol. The topological polar surface area (TPSA) is 131 Å². The number of nitrogens with zero attached hydrogens (tertiary/aromatic N) is 1. The zero-order valence-electron chi connectivity index (χ0n) is 18.0. The number of carbonyl (C=O) groups excluding carboxylic acids is 2. The molecule has 2 amide bonds. The molecule has 0 unspecified atom stereocenters. The van der Waals surface area contributed by atoms with Gasteiger partial charge in [0.05, 0.1) is 17.1 Å². The van der Waals surface area contributed by atoms with Crippen LogP contribution >= 0.6 is 0 Å². The maximum Gasteiger partial charge on any atom is 0.326 e. The molecule has 0 spiro atoms. The van der Waals surface area contributed by atoms with Crippen molar-refractivity contribution in [1.82, 2.24) is 4.72 Å². The number of nitrogens with one attached hydrogen (secondary N) is 2. The number of hydrogen-bond acceptors (Lipinski definition) is 6. The molecule has 0 radical (unpaired) electrons. The Kier molecular flexibility index (Phi) is 6.51. The first-order valence-electron chi connectivity index (χ1n) is 10.3. The van der Waals surface area contributed by atoms with Crippen molar-refractivity contribution in [2.24, 2.45) is 0 Å². The summed E-state index contributed by atoms with van der Waals surface area (Å²) in [5.41, 5.74) is 8.48. The summed E-state index contributed by atoms with van der Waals surface area (Å²) in [6.45, 7) is -0.163. The van der Waals surface area contributed by atoms with Crippen LogP contribution in [-0.4, -0.2) is 26.8 Å². The molecule has 3 aromatic carbocycles. The van der Waals surface area contributed by atoms with Crippen LogP contribution in [0.25, 0.3) is 6.08 Å². The van der Waals surface area contributed by atoms with Gasteiger partial charge in [0.2, 0.25) is 5.91 Å². The van der Waals surface area contributed by atoms with E-state index in [4.69, 9.17) is 10.5 Å². The normalized spacial score (nSPS) is 14.7. The maximum atomic E-state index is 12.4. The van der Waals surface area contributed by atoms with Gasteiger partial charge >= 0.3 is 10.2 Å². The second-order valence-corrected chi connectivity index (χ2v) is 9.04. The van der Waals surface area contributed by atoms with E-state index in [1.54, 1.807) is 42.5 Å². The number of carbonyl (C=O) groups is 2. The predicted octanol–water partition coefficient (Wildman–Crippen LogP) is 2.68. The van der Waals surface area contributed by atoms with E-state index in [-0.39, 0.29) is 30.5 Å². The van der Waals surface area contributed by atoms with Crippen LogP contribution in [0.5, 0.6) is 5.75 Å². The molecule has 1 heterocycles. The average Bonchev–Trinajstić information content (AvgIpc) is 3.10. The molecule has 3 aromatic rings. The summed E-state index contributed by atoms with van der Waals surface area (Å²) in [5, 5.41) is 2.70. The number of ether oxygens (including phenoxy) is 1. The fourth-order valence-electron chi connectivity index (χ4n) is 3.31. The van der Waals surface area contributed by atoms with Gasteiger partial charge in [0, 0.05) is 6.08 Å². The fraction of sp³-hybridized carbons (Fsp3) is 0.0833. The lowest BCUT2D eigenvalue weighted by Crippen LogP contribution is -2.29. The van der Waals surface area contributed by atoms with Gasteiger partial charge < -0.3 is 15.8 Å². The van der Waals surface area contributed by atoms with E-state index in [0.29, 0.717) is 16.9 Å². The van der Waals surface area contributed by atoms with Crippen LogP contribution in [0.1, 0.15) is 11.1 Å². The summed E-state index contributed by atoms with van der Waals surface area (Å²) in [5.74, 6) is -0.765. The third kappa shape index (κ3) is 5.36. The van der Waals surface area contributed by atoms with Crippen molar-refractivity contribution in [3.63, 3.8) is 0 Å². The van der Waals surface area contributed by atoms with Crippen LogP contribution in [0.2, 0.25) is 0 Å². The first kappa shape index (κ1) is 22.9. The summed E-state index contributed by atoms with van der Waals surface area (Å²) in [7, 11) is -4.01. The van der Waals surface area contributed by atoms with Crippen molar-refractivity contribution in [1.29, 1.82) is 0 Å². The van der Waals surface area contributed by atoms with E-state index >= 15 is 0 Å². The molecule has 4 rings (SSSR count). The Bertz CT molecular complexity index is 1360. The lowest BCUT2D eigenvalue weighted by atomic mass is 10.1. The Morgan fingerprint density at radius 3 is 2.53 bits per heavy atom. The summed E-state index contributed by atoms with van der Waals surface area (Å²) in [4.78, 5) is 24.0. The van der Waals surface area contributed by atoms with Crippen LogP contribution in [0.3, 0.4) is 0 Å². The minimum absolute atomic E-state index is 0.185. The molecular weight excluding hydrogens is 456 g/mol. The Morgan fingerprint density at radius 1 is 1.09 bits per heavy atom. The van der Waals surface area contributed by atoms with E-state index in [9.17, 15) is 18.0 Å². The van der Waals surface area contributed by atoms with Crippen LogP contribution < -0.4 is 24.8 Å². The Balaban J connectivity index is 1.58. The zero-order valence-corrected chi connectivity index (χ0v) is 18.8. The van der Waals surface area contributed by atoms with Crippen molar-refractivity contribution in [2.45, 2.75) is 6.61 Å². The zero-order chi connectivity index (χ0) is 24.1. The monoisotopic (exact) mass is 478 g/mol. The molecule has 1 fully saturated rings. The maximum absolute atomic E-state index is 12.4. The molecule has 1 aliphatic rings. The number of nitrogen functional groups attached to an aromatic ring is 1. The molecular formula is C24H22N4O5S. The molecule has 1 saturated heterocycles. The van der Waals surface area contributed by atoms with Gasteiger partial charge in [-0.1, -0.05) is 48.5 Å². The predicted molar refractivity (Wildman–Crippen MR) is 130 cm³/mol. The first-order chi connectivity index (χ1) is 16.3. The minimum atomic E-state index is -4.01. The Morgan fingerprint density at radius 2 is 1.82 bits per heavy atom. The summed E-state index contributed by atoms with van der Waals surface area (Å²) >= 11 is 0. The molecule has 10 heteroatoms. The summed E-state index contributed by atoms with van der Waals surface area (Å²) in [6.07, 6.45) is 2.90. The molecule has 9 nitrogen and oxygen atoms in total. The molecule has 0 aliphatic carbocycles. The Hall–Kier alpha value is -4.31. The number of rotatable bonds is 7. The van der Waals surface area contributed by atoms with Crippen molar-refractivity contribution >= 4 is 45.2 Å². The lowest BCUT2D eigenvalue weighted by molar-refractivity contribution is -0.117. The number of anilines is 3. The van der Waals surface area contributed by atoms with E-state index in [0.717, 1.165) is 9.87 Å². The molecule has 1 aliphatic heterocycles. The van der Waals surface area contributed by atoms with E-state index in [1.165, 1.54) is 12.1 Å². The van der Waals surface area contributed by atoms with Crippen LogP contribution in [0.15, 0.2) is 78.9 Å². The number of hydrogen-bond donors (Lipinski definition) is 3. The van der Waals surface area contributed by atoms with Gasteiger partial charge in [-0.2, -0.15) is 8.42 Å². The Labute approximate surface area is 197 Å². The standard InChI is InChI=1S/C24H22N4O5S/c25-19-8-4-5-9-20(19)26-23(29)13-11-17-10-12-21(28-15-24(30)27-34(28,31)32)22(14-17)33-16-18-6-2-1-3-7-18/h1-14H,15-16,25H2,(H,26,29)(H,27,30)/b13-11+. The third-order valence-electron chi connectivity index (χ3n) is 4.96. The molecule has 4 N–H and O–H groups in total. The molecule has 0 atom stereocenters. The molecule has 174 valence electrons. The van der Waals surface area contributed by atoms with Crippen LogP contribution in [0, 0.1) is 0 Å². The number of amides is 2. The number of benzene rings is 3. The second kappa shape index (κ2) is 9.67. The summed E-state index contributed by atoms with van der Waals surface area (Å²) in [6, 6.07) is 21.0. The highest BCUT2D eigenvalue weighted by Gasteiger charge is 2.35. The highest BCUT2D eigenvalue weighted by molar-refractivity contribution is 7.92. The van der Waals surface area contributed by atoms with Gasteiger partial charge in [-0.25, -0.2) is 9.03 Å². The third-order valence-corrected chi connectivity index (χ3v) is 6.35. The van der Waals surface area contributed by atoms with Gasteiger partial charge in [-0.05, 0) is 41.5 Å². The van der Waals surface area contributed by atoms with E-state index in [1.807, 2.05) is 35.1 Å². The molecule has 34 heavy (non-hydrogen) atoms. The van der Waals surface area contributed by atoms with Crippen molar-refractivity contribution in [2.75, 3.05) is 21.9 Å². The van der Waals surface area contributed by atoms with Gasteiger partial charge in [0.25, 0.3) is 5.91 Å². The van der Waals surface area contributed by atoms with Gasteiger partial charge in [0.1, 0.15) is 18.9 Å². The molecule has 0 saturated carbocycles. The van der Waals surface area contributed by atoms with Crippen molar-refractivity contribution in [3.05, 3.63) is 90.0 Å². The largest absolute Gasteiger partial charge is 0.487 e. The SMILES string of the molecule is Nc1ccccc1NC(=O)/C=C/c1ccc(N2CC(=O)NS2(=O)=O)c(OCc2ccccc2)c1. The second-order valence-electron chi connectivity index (χ2n) is 7.45. The lowest BCUT2D eigenvalue weighted by Gasteiger charge is -2.19. The number of para-hydroxylation sites is 2. The van der Waals surface area contributed by atoms with E-state index in [2.05, 4.69) is 5.32 Å². The fourth-order valence-corrected chi connectivity index (χ4v) is 4.47. The quantitative estimate of drug-likeness (QED) is 0.354. The van der Waals surface area contributed by atoms with Crippen molar-refractivity contribution < 1.29 is 22.7 Å². The van der Waals surface area contributed by atoms with Crippen LogP contribution in [-0.2, 0) is 26.4 Å². The van der Waals surface area contributed by atoms with E-state index < -0.39 is 16.1 Å². The molecule has 0 bridgehead atoms. The van der Waals surface area contributed by atoms with Gasteiger partial charge in [-0.3, -0.25) is 9.59 Å². The smallest absolute Gasteiger partial charge is 0.326 e. The first-order valence-corrected chi connectivity index (χ1v) is 11.7. The molecule has 0 aromatic heterocycles. The highest BCUT2D eigenvalue weighted by atomic mass is 32.2. The number of nitrogens with two attached hydrogens (primary N) is 1. The minimum Gasteiger partial charge on any atom is -0.487 e. The van der Waals surface area contributed by atoms with Gasteiger partial charge in [0.15, 0.2) is 0 Å². The highest BCUT2D eigenvalue weighted by Crippen LogP contribution is 2.33. The van der Waals surface area contributed by atoms with Crippen molar-refractivity contribution in [3.8, 4) is 5.75 Å². The summed E-state index contributed by atoms with van der Waals surface area (Å²) < 4.78 is 33.6. The van der Waals surface area contributed by atoms with Gasteiger partial charge in [-0.15, -0.1) is 0 Å².